The monoisotopic (exact) mass is 481 g/mol. The van der Waals surface area contributed by atoms with Crippen molar-refractivity contribution in [3.63, 3.8) is 0 Å². The highest BCUT2D eigenvalue weighted by molar-refractivity contribution is 14.0. The number of aryl methyl sites for hydroxylation is 2. The molecule has 0 radical (unpaired) electrons. The number of halogens is 3. The lowest BCUT2D eigenvalue weighted by molar-refractivity contribution is 0.739. The van der Waals surface area contributed by atoms with Crippen LogP contribution in [0.5, 0.6) is 0 Å². The lowest BCUT2D eigenvalue weighted by atomic mass is 10.2. The molecule has 24 heavy (non-hydrogen) atoms. The van der Waals surface area contributed by atoms with E-state index >= 15 is 0 Å². The highest BCUT2D eigenvalue weighted by Gasteiger charge is 2.03. The normalized spacial score (nSPS) is 11.1. The summed E-state index contributed by atoms with van der Waals surface area (Å²) in [5.41, 5.74) is 2.22. The van der Waals surface area contributed by atoms with Gasteiger partial charge in [0.15, 0.2) is 5.96 Å². The first kappa shape index (κ1) is 21.1. The van der Waals surface area contributed by atoms with Crippen LogP contribution in [0.1, 0.15) is 17.5 Å². The van der Waals surface area contributed by atoms with Gasteiger partial charge in [0.25, 0.3) is 0 Å². The van der Waals surface area contributed by atoms with Gasteiger partial charge in [-0.05, 0) is 36.1 Å². The Labute approximate surface area is 169 Å². The van der Waals surface area contributed by atoms with Crippen LogP contribution in [0.2, 0.25) is 10.0 Å². The van der Waals surface area contributed by atoms with E-state index in [1.165, 1.54) is 5.56 Å². The molecule has 0 spiro atoms. The van der Waals surface area contributed by atoms with E-state index < -0.39 is 0 Å². The van der Waals surface area contributed by atoms with Crippen molar-refractivity contribution in [2.75, 3.05) is 13.6 Å². The highest BCUT2D eigenvalue weighted by atomic mass is 127. The molecule has 0 fully saturated rings. The smallest absolute Gasteiger partial charge is 0.191 e. The number of rotatable bonds is 6. The van der Waals surface area contributed by atoms with Crippen molar-refractivity contribution >= 4 is 53.1 Å². The van der Waals surface area contributed by atoms with Crippen molar-refractivity contribution in [1.29, 1.82) is 0 Å². The second-order valence-corrected chi connectivity index (χ2v) is 6.06. The molecule has 132 valence electrons. The summed E-state index contributed by atoms with van der Waals surface area (Å²) >= 11 is 12.1. The summed E-state index contributed by atoms with van der Waals surface area (Å²) in [5, 5.41) is 12.0. The Morgan fingerprint density at radius 2 is 2.08 bits per heavy atom. The number of hydrogen-bond acceptors (Lipinski definition) is 2. The molecule has 8 heteroatoms. The van der Waals surface area contributed by atoms with Crippen LogP contribution in [0.3, 0.4) is 0 Å². The number of aliphatic imine (C=N–C) groups is 1. The molecule has 2 aromatic rings. The summed E-state index contributed by atoms with van der Waals surface area (Å²) in [4.78, 5) is 4.21. The Morgan fingerprint density at radius 3 is 2.71 bits per heavy atom. The summed E-state index contributed by atoms with van der Waals surface area (Å²) in [7, 11) is 3.68. The van der Waals surface area contributed by atoms with Crippen LogP contribution in [0, 0.1) is 0 Å². The Morgan fingerprint density at radius 1 is 1.29 bits per heavy atom. The number of aromatic nitrogens is 2. The number of nitrogens with zero attached hydrogens (tertiary/aromatic N) is 3. The zero-order valence-corrected chi connectivity index (χ0v) is 17.6. The van der Waals surface area contributed by atoms with Crippen LogP contribution in [-0.4, -0.2) is 29.3 Å². The lowest BCUT2D eigenvalue weighted by Crippen LogP contribution is -2.37. The summed E-state index contributed by atoms with van der Waals surface area (Å²) in [6, 6.07) is 5.48. The first-order chi connectivity index (χ1) is 11.1. The van der Waals surface area contributed by atoms with Gasteiger partial charge >= 0.3 is 0 Å². The number of nitrogens with one attached hydrogen (secondary N) is 2. The van der Waals surface area contributed by atoms with Gasteiger partial charge in [0.2, 0.25) is 0 Å². The first-order valence-electron chi connectivity index (χ1n) is 7.44. The molecular weight excluding hydrogens is 460 g/mol. The Kier molecular flexibility index (Phi) is 9.46. The van der Waals surface area contributed by atoms with Crippen molar-refractivity contribution in [2.24, 2.45) is 12.0 Å². The van der Waals surface area contributed by atoms with Gasteiger partial charge in [0.1, 0.15) is 0 Å². The molecule has 1 aromatic heterocycles. The maximum atomic E-state index is 6.16. The third kappa shape index (κ3) is 6.86. The molecule has 1 aromatic carbocycles. The summed E-state index contributed by atoms with van der Waals surface area (Å²) < 4.78 is 1.82. The average Bonchev–Trinajstić information content (AvgIpc) is 2.93. The molecule has 5 nitrogen and oxygen atoms in total. The molecule has 0 bridgehead atoms. The third-order valence-corrected chi connectivity index (χ3v) is 3.96. The van der Waals surface area contributed by atoms with Gasteiger partial charge in [-0.25, -0.2) is 0 Å². The predicted octanol–water partition coefficient (Wildman–Crippen LogP) is 3.64. The standard InChI is InChI=1S/C16H21Cl2N5.HI/c1-19-16(20-7-3-4-12-9-22-23(2)11-12)21-10-13-5-6-14(17)8-15(13)18;/h5-6,8-9,11H,3-4,7,10H2,1-2H3,(H2,19,20,21);1H. The fourth-order valence-electron chi connectivity index (χ4n) is 2.16. The maximum Gasteiger partial charge on any atom is 0.191 e. The van der Waals surface area contributed by atoms with Crippen molar-refractivity contribution in [1.82, 2.24) is 20.4 Å². The van der Waals surface area contributed by atoms with E-state index in [9.17, 15) is 0 Å². The molecule has 0 saturated heterocycles. The van der Waals surface area contributed by atoms with Crippen LogP contribution < -0.4 is 10.6 Å². The minimum atomic E-state index is 0. The van der Waals surface area contributed by atoms with Crippen molar-refractivity contribution in [3.8, 4) is 0 Å². The summed E-state index contributed by atoms with van der Waals surface area (Å²) in [5.74, 6) is 0.752. The minimum Gasteiger partial charge on any atom is -0.356 e. The molecule has 0 atom stereocenters. The van der Waals surface area contributed by atoms with E-state index in [0.29, 0.717) is 16.6 Å². The second kappa shape index (κ2) is 10.8. The summed E-state index contributed by atoms with van der Waals surface area (Å²) in [6.07, 6.45) is 5.93. The molecule has 0 aliphatic carbocycles. The van der Waals surface area contributed by atoms with Crippen molar-refractivity contribution < 1.29 is 0 Å². The van der Waals surface area contributed by atoms with Crippen LogP contribution in [-0.2, 0) is 20.0 Å². The number of guanidine groups is 1. The van der Waals surface area contributed by atoms with Crippen molar-refractivity contribution in [2.45, 2.75) is 19.4 Å². The van der Waals surface area contributed by atoms with Gasteiger partial charge in [-0.15, -0.1) is 24.0 Å². The molecule has 0 unspecified atom stereocenters. The number of hydrogen-bond donors (Lipinski definition) is 2. The predicted molar refractivity (Wildman–Crippen MR) is 112 cm³/mol. The molecular formula is C16H22Cl2IN5. The Balaban J connectivity index is 0.00000288. The zero-order valence-electron chi connectivity index (χ0n) is 13.7. The van der Waals surface area contributed by atoms with Gasteiger partial charge in [-0.2, -0.15) is 5.10 Å². The largest absolute Gasteiger partial charge is 0.356 e. The lowest BCUT2D eigenvalue weighted by Gasteiger charge is -2.12. The Bertz CT molecular complexity index is 672. The molecule has 1 heterocycles. The number of benzene rings is 1. The highest BCUT2D eigenvalue weighted by Crippen LogP contribution is 2.20. The fourth-order valence-corrected chi connectivity index (χ4v) is 2.64. The van der Waals surface area contributed by atoms with Gasteiger partial charge in [-0.1, -0.05) is 29.3 Å². The molecule has 0 saturated carbocycles. The van der Waals surface area contributed by atoms with Crippen LogP contribution in [0.25, 0.3) is 0 Å². The quantitative estimate of drug-likeness (QED) is 0.286. The van der Waals surface area contributed by atoms with E-state index in [-0.39, 0.29) is 24.0 Å². The van der Waals surface area contributed by atoms with E-state index in [1.54, 1.807) is 13.1 Å². The summed E-state index contributed by atoms with van der Waals surface area (Å²) in [6.45, 7) is 1.43. The van der Waals surface area contributed by atoms with Gasteiger partial charge in [0, 0.05) is 43.4 Å². The zero-order chi connectivity index (χ0) is 16.7. The van der Waals surface area contributed by atoms with E-state index in [2.05, 4.69) is 20.7 Å². The van der Waals surface area contributed by atoms with Crippen LogP contribution in [0.15, 0.2) is 35.6 Å². The average molecular weight is 482 g/mol. The van der Waals surface area contributed by atoms with E-state index in [4.69, 9.17) is 23.2 Å². The van der Waals surface area contributed by atoms with E-state index in [0.717, 1.165) is 30.9 Å². The molecule has 0 amide bonds. The van der Waals surface area contributed by atoms with Crippen LogP contribution >= 0.6 is 47.2 Å². The minimum absolute atomic E-state index is 0. The molecule has 2 rings (SSSR count). The topological polar surface area (TPSA) is 54.2 Å². The second-order valence-electron chi connectivity index (χ2n) is 5.21. The SMILES string of the molecule is CN=C(NCCCc1cnn(C)c1)NCc1ccc(Cl)cc1Cl.I. The molecule has 0 aliphatic heterocycles. The van der Waals surface area contributed by atoms with Crippen molar-refractivity contribution in [3.05, 3.63) is 51.8 Å². The van der Waals surface area contributed by atoms with Crippen LogP contribution in [0.4, 0.5) is 0 Å². The third-order valence-electron chi connectivity index (χ3n) is 3.38. The maximum absolute atomic E-state index is 6.16. The van der Waals surface area contributed by atoms with Gasteiger partial charge in [0.05, 0.1) is 6.20 Å². The fraction of sp³-hybridized carbons (Fsp3) is 0.375. The van der Waals surface area contributed by atoms with Gasteiger partial charge < -0.3 is 10.6 Å². The Hall–Kier alpha value is -0.990. The molecule has 2 N–H and O–H groups in total. The van der Waals surface area contributed by atoms with Gasteiger partial charge in [-0.3, -0.25) is 9.67 Å². The first-order valence-corrected chi connectivity index (χ1v) is 8.20. The molecule has 0 aliphatic rings. The van der Waals surface area contributed by atoms with E-state index in [1.807, 2.05) is 36.3 Å².